The number of anilines is 1. The van der Waals surface area contributed by atoms with Crippen molar-refractivity contribution in [2.45, 2.75) is 45.1 Å². The molecule has 4 aromatic carbocycles. The Morgan fingerprint density at radius 3 is 2.12 bits per heavy atom. The van der Waals surface area contributed by atoms with E-state index in [1.165, 1.54) is 44.7 Å². The molecule has 3 aliphatic rings. The van der Waals surface area contributed by atoms with Crippen molar-refractivity contribution in [2.24, 2.45) is 5.41 Å². The molecule has 3 nitrogen and oxygen atoms in total. The fourth-order valence-corrected chi connectivity index (χ4v) is 6.82. The zero-order valence-corrected chi connectivity index (χ0v) is 22.9. The highest BCUT2D eigenvalue weighted by Gasteiger charge is 2.44. The van der Waals surface area contributed by atoms with Crippen LogP contribution in [0.15, 0.2) is 103 Å². The van der Waals surface area contributed by atoms with E-state index in [0.717, 1.165) is 57.4 Å². The fraction of sp³-hybridized carbons (Fsp3) is 0.270. The van der Waals surface area contributed by atoms with Crippen LogP contribution >= 0.6 is 0 Å². The van der Waals surface area contributed by atoms with Crippen molar-refractivity contribution in [2.75, 3.05) is 18.0 Å². The smallest absolute Gasteiger partial charge is 0.132 e. The van der Waals surface area contributed by atoms with Gasteiger partial charge in [-0.05, 0) is 88.9 Å². The number of carbonyl (C=O) groups is 1. The maximum absolute atomic E-state index is 11.7. The lowest BCUT2D eigenvalue weighted by atomic mass is 9.68. The van der Waals surface area contributed by atoms with Crippen LogP contribution in [0.5, 0.6) is 5.75 Å². The fourth-order valence-electron chi connectivity index (χ4n) is 6.82. The second-order valence-corrected chi connectivity index (χ2v) is 11.8. The molecule has 1 heterocycles. The predicted octanol–water partition coefficient (Wildman–Crippen LogP) is 8.12. The van der Waals surface area contributed by atoms with E-state index >= 15 is 0 Å². The topological polar surface area (TPSA) is 29.5 Å². The van der Waals surface area contributed by atoms with Gasteiger partial charge in [-0.3, -0.25) is 4.79 Å². The van der Waals surface area contributed by atoms with Gasteiger partial charge < -0.3 is 9.64 Å². The van der Waals surface area contributed by atoms with Crippen LogP contribution in [-0.4, -0.2) is 18.9 Å². The third-order valence-electron chi connectivity index (χ3n) is 9.10. The lowest BCUT2D eigenvalue weighted by molar-refractivity contribution is -0.122. The molecular formula is C37H35NO2. The Bertz CT molecular complexity index is 1540. The van der Waals surface area contributed by atoms with Crippen LogP contribution in [0, 0.1) is 5.41 Å². The van der Waals surface area contributed by atoms with E-state index in [4.69, 9.17) is 4.74 Å². The maximum atomic E-state index is 11.7. The molecule has 0 bridgehead atoms. The van der Waals surface area contributed by atoms with Crippen molar-refractivity contribution in [1.29, 1.82) is 0 Å². The van der Waals surface area contributed by atoms with Gasteiger partial charge in [-0.2, -0.15) is 0 Å². The average molecular weight is 526 g/mol. The van der Waals surface area contributed by atoms with E-state index in [2.05, 4.69) is 102 Å². The van der Waals surface area contributed by atoms with Crippen LogP contribution in [0.25, 0.3) is 11.1 Å². The third-order valence-corrected chi connectivity index (χ3v) is 9.10. The first-order valence-electron chi connectivity index (χ1n) is 14.6. The summed E-state index contributed by atoms with van der Waals surface area (Å²) < 4.78 is 6.18. The summed E-state index contributed by atoms with van der Waals surface area (Å²) in [6.07, 6.45) is 5.65. The number of carbonyl (C=O) groups excluding carboxylic acids is 1. The van der Waals surface area contributed by atoms with Crippen LogP contribution < -0.4 is 9.64 Å². The number of fused-ring (bicyclic) bond motifs is 1. The Kier molecular flexibility index (Phi) is 6.51. The van der Waals surface area contributed by atoms with Crippen molar-refractivity contribution in [3.63, 3.8) is 0 Å². The van der Waals surface area contributed by atoms with Gasteiger partial charge in [-0.1, -0.05) is 78.9 Å². The molecule has 0 radical (unpaired) electrons. The second kappa shape index (κ2) is 10.5. The SMILES string of the molecule is O=C1CCC2(CC1)CN(c1ccc(C3=C(c4ccccc4)CCc4cc(OCc5ccccc5)ccc43)cc1)C2. The average Bonchev–Trinajstić information content (AvgIpc) is 3.00. The van der Waals surface area contributed by atoms with Crippen molar-refractivity contribution >= 4 is 22.6 Å². The summed E-state index contributed by atoms with van der Waals surface area (Å²) in [5.41, 5.74) is 10.8. The van der Waals surface area contributed by atoms with Crippen LogP contribution in [0.3, 0.4) is 0 Å². The van der Waals surface area contributed by atoms with Gasteiger partial charge in [-0.25, -0.2) is 0 Å². The molecule has 7 rings (SSSR count). The number of aryl methyl sites for hydroxylation is 1. The summed E-state index contributed by atoms with van der Waals surface area (Å²) in [6, 6.07) is 37.0. The van der Waals surface area contributed by atoms with Gasteiger partial charge in [0, 0.05) is 37.0 Å². The maximum Gasteiger partial charge on any atom is 0.132 e. The monoisotopic (exact) mass is 525 g/mol. The second-order valence-electron chi connectivity index (χ2n) is 11.8. The molecule has 0 N–H and O–H groups in total. The first-order valence-corrected chi connectivity index (χ1v) is 14.6. The molecule has 0 aromatic heterocycles. The normalized spacial score (nSPS) is 17.9. The molecule has 40 heavy (non-hydrogen) atoms. The third kappa shape index (κ3) is 4.86. The van der Waals surface area contributed by atoms with Gasteiger partial charge in [0.1, 0.15) is 18.1 Å². The predicted molar refractivity (Wildman–Crippen MR) is 162 cm³/mol. The van der Waals surface area contributed by atoms with Crippen LogP contribution in [-0.2, 0) is 17.8 Å². The van der Waals surface area contributed by atoms with Crippen LogP contribution in [0.1, 0.15) is 59.9 Å². The number of hydrogen-bond acceptors (Lipinski definition) is 3. The van der Waals surface area contributed by atoms with Crippen molar-refractivity contribution in [1.82, 2.24) is 0 Å². The van der Waals surface area contributed by atoms with Crippen molar-refractivity contribution < 1.29 is 9.53 Å². The lowest BCUT2D eigenvalue weighted by Gasteiger charge is -2.53. The molecule has 1 spiro atoms. The van der Waals surface area contributed by atoms with E-state index in [1.807, 2.05) is 6.07 Å². The number of ether oxygens (including phenoxy) is 1. The Labute approximate surface area is 237 Å². The minimum Gasteiger partial charge on any atom is -0.489 e. The summed E-state index contributed by atoms with van der Waals surface area (Å²) >= 11 is 0. The Balaban J connectivity index is 1.17. The molecule has 1 saturated heterocycles. The highest BCUT2D eigenvalue weighted by atomic mass is 16.5. The number of nitrogens with zero attached hydrogens (tertiary/aromatic N) is 1. The number of ketones is 1. The summed E-state index contributed by atoms with van der Waals surface area (Å²) in [5, 5.41) is 0. The molecule has 1 saturated carbocycles. The van der Waals surface area contributed by atoms with Crippen LogP contribution in [0.2, 0.25) is 0 Å². The molecule has 0 amide bonds. The molecule has 2 fully saturated rings. The van der Waals surface area contributed by atoms with Crippen molar-refractivity contribution in [3.05, 3.63) is 131 Å². The van der Waals surface area contributed by atoms with Crippen molar-refractivity contribution in [3.8, 4) is 5.75 Å². The van der Waals surface area contributed by atoms with E-state index in [1.54, 1.807) is 0 Å². The standard InChI is InChI=1S/C37H35NO2/c39-32-19-21-37(22-20-32)25-38(26-37)31-14-11-29(12-15-31)36-34(28-9-5-2-6-10-28)17-13-30-23-33(16-18-35(30)36)40-24-27-7-3-1-4-8-27/h1-12,14-16,18,23H,13,17,19-22,24-26H2. The van der Waals surface area contributed by atoms with E-state index in [9.17, 15) is 4.79 Å². The van der Waals surface area contributed by atoms with E-state index in [0.29, 0.717) is 17.8 Å². The molecule has 1 aliphatic heterocycles. The molecular weight excluding hydrogens is 490 g/mol. The summed E-state index contributed by atoms with van der Waals surface area (Å²) in [6.45, 7) is 2.73. The zero-order valence-electron chi connectivity index (χ0n) is 22.9. The number of allylic oxidation sites excluding steroid dienone is 1. The van der Waals surface area contributed by atoms with Gasteiger partial charge in [0.05, 0.1) is 0 Å². The van der Waals surface area contributed by atoms with E-state index < -0.39 is 0 Å². The number of hydrogen-bond donors (Lipinski definition) is 0. The molecule has 4 aromatic rings. The van der Waals surface area contributed by atoms with Gasteiger partial charge in [-0.15, -0.1) is 0 Å². The molecule has 200 valence electrons. The first-order chi connectivity index (χ1) is 19.7. The summed E-state index contributed by atoms with van der Waals surface area (Å²) in [5.74, 6) is 1.37. The Morgan fingerprint density at radius 2 is 1.40 bits per heavy atom. The zero-order chi connectivity index (χ0) is 26.9. The molecule has 0 unspecified atom stereocenters. The number of Topliss-reactive ketones (excluding diaryl/α,β-unsaturated/α-hetero) is 1. The minimum atomic E-state index is 0.359. The summed E-state index contributed by atoms with van der Waals surface area (Å²) in [4.78, 5) is 14.2. The van der Waals surface area contributed by atoms with Gasteiger partial charge in [0.15, 0.2) is 0 Å². The van der Waals surface area contributed by atoms with Gasteiger partial charge in [0.25, 0.3) is 0 Å². The Morgan fingerprint density at radius 1 is 0.700 bits per heavy atom. The largest absolute Gasteiger partial charge is 0.489 e. The first kappa shape index (κ1) is 24.9. The number of rotatable bonds is 6. The minimum absolute atomic E-state index is 0.359. The highest BCUT2D eigenvalue weighted by Crippen LogP contribution is 2.46. The van der Waals surface area contributed by atoms with Gasteiger partial charge in [0.2, 0.25) is 0 Å². The molecule has 0 atom stereocenters. The van der Waals surface area contributed by atoms with Gasteiger partial charge >= 0.3 is 0 Å². The molecule has 3 heteroatoms. The van der Waals surface area contributed by atoms with Crippen LogP contribution in [0.4, 0.5) is 5.69 Å². The number of benzene rings is 4. The highest BCUT2D eigenvalue weighted by molar-refractivity contribution is 6.01. The summed E-state index contributed by atoms with van der Waals surface area (Å²) in [7, 11) is 0. The molecule has 2 aliphatic carbocycles. The van der Waals surface area contributed by atoms with E-state index in [-0.39, 0.29) is 0 Å². The lowest BCUT2D eigenvalue weighted by Crippen LogP contribution is -2.57. The quantitative estimate of drug-likeness (QED) is 0.255. The Hall–Kier alpha value is -4.11.